The maximum atomic E-state index is 13.5. The Morgan fingerprint density at radius 2 is 1.97 bits per heavy atom. The summed E-state index contributed by atoms with van der Waals surface area (Å²) >= 11 is 1.55. The number of methoxy groups -OCH3 is 1. The fraction of sp³-hybridized carbons (Fsp3) is 0.292. The molecule has 9 heteroatoms. The molecule has 2 N–H and O–H groups in total. The van der Waals surface area contributed by atoms with Gasteiger partial charge in [-0.15, -0.1) is 5.10 Å². The molecule has 0 aliphatic carbocycles. The van der Waals surface area contributed by atoms with Gasteiger partial charge in [0, 0.05) is 11.4 Å². The van der Waals surface area contributed by atoms with Gasteiger partial charge in [0.15, 0.2) is 11.5 Å². The Kier molecular flexibility index (Phi) is 6.88. The molecule has 0 spiro atoms. The van der Waals surface area contributed by atoms with Crippen molar-refractivity contribution < 1.29 is 14.3 Å². The smallest absolute Gasteiger partial charge is 0.255 e. The number of carbonyl (C=O) groups is 1. The first kappa shape index (κ1) is 22.7. The van der Waals surface area contributed by atoms with Gasteiger partial charge < -0.3 is 20.1 Å². The molecule has 1 aliphatic heterocycles. The van der Waals surface area contributed by atoms with Crippen molar-refractivity contribution >= 4 is 29.3 Å². The molecule has 1 amide bonds. The summed E-state index contributed by atoms with van der Waals surface area (Å²) in [6.45, 7) is 6.38. The van der Waals surface area contributed by atoms with Crippen LogP contribution < -0.4 is 20.1 Å². The second-order valence-corrected chi connectivity index (χ2v) is 8.56. The van der Waals surface area contributed by atoms with Gasteiger partial charge in [-0.25, -0.2) is 4.68 Å². The monoisotopic (exact) mass is 465 g/mol. The molecule has 33 heavy (non-hydrogen) atoms. The van der Waals surface area contributed by atoms with Gasteiger partial charge in [0.05, 0.1) is 19.3 Å². The van der Waals surface area contributed by atoms with Gasteiger partial charge in [0.2, 0.25) is 11.1 Å². The second-order valence-electron chi connectivity index (χ2n) is 7.33. The zero-order chi connectivity index (χ0) is 23.4. The molecule has 0 saturated heterocycles. The Balaban J connectivity index is 1.81. The van der Waals surface area contributed by atoms with Crippen LogP contribution in [0.2, 0.25) is 0 Å². The normalized spacial score (nSPS) is 15.0. The molecule has 0 fully saturated rings. The molecule has 0 saturated carbocycles. The summed E-state index contributed by atoms with van der Waals surface area (Å²) in [6, 6.07) is 14.6. The quantitative estimate of drug-likeness (QED) is 0.465. The van der Waals surface area contributed by atoms with Crippen molar-refractivity contribution in [3.05, 3.63) is 65.4 Å². The molecule has 2 heterocycles. The van der Waals surface area contributed by atoms with Crippen LogP contribution in [0.1, 0.15) is 32.4 Å². The summed E-state index contributed by atoms with van der Waals surface area (Å²) in [5, 5.41) is 11.6. The molecule has 1 unspecified atom stereocenters. The molecule has 0 radical (unpaired) electrons. The summed E-state index contributed by atoms with van der Waals surface area (Å²) in [5.41, 5.74) is 2.83. The van der Waals surface area contributed by atoms with Crippen LogP contribution in [0.15, 0.2) is 65.0 Å². The fourth-order valence-electron chi connectivity index (χ4n) is 3.77. The number of hydrogen-bond donors (Lipinski definition) is 2. The van der Waals surface area contributed by atoms with Gasteiger partial charge in [-0.2, -0.15) is 4.98 Å². The topological polar surface area (TPSA) is 90.3 Å². The predicted octanol–water partition coefficient (Wildman–Crippen LogP) is 4.73. The van der Waals surface area contributed by atoms with Crippen molar-refractivity contribution in [3.8, 4) is 11.5 Å². The van der Waals surface area contributed by atoms with E-state index in [-0.39, 0.29) is 5.91 Å². The average molecular weight is 466 g/mol. The fourth-order valence-corrected chi connectivity index (χ4v) is 4.33. The number of para-hydroxylation sites is 1. The Morgan fingerprint density at radius 3 is 2.67 bits per heavy atom. The van der Waals surface area contributed by atoms with Crippen LogP contribution in [-0.2, 0) is 4.79 Å². The zero-order valence-corrected chi connectivity index (χ0v) is 19.9. The highest BCUT2D eigenvalue weighted by Crippen LogP contribution is 2.39. The van der Waals surface area contributed by atoms with E-state index in [1.165, 1.54) is 0 Å². The Bertz CT molecular complexity index is 1180. The highest BCUT2D eigenvalue weighted by atomic mass is 32.2. The minimum atomic E-state index is -0.492. The third-order valence-corrected chi connectivity index (χ3v) is 5.91. The largest absolute Gasteiger partial charge is 0.493 e. The molecule has 1 atom stereocenters. The molecule has 172 valence electrons. The molecule has 4 rings (SSSR count). The van der Waals surface area contributed by atoms with Gasteiger partial charge >= 0.3 is 0 Å². The summed E-state index contributed by atoms with van der Waals surface area (Å²) in [4.78, 5) is 18.1. The first-order chi connectivity index (χ1) is 16.0. The Labute approximate surface area is 197 Å². The standard InChI is InChI=1S/C24H27N5O3S/c1-5-32-18-13-12-16(14-19(18)31-4)21-20(22(30)26-17-10-8-7-9-11-17)15(3)25-23-27-24(33-6-2)28-29(21)23/h7-14,21H,5-6H2,1-4H3,(H,26,30)(H,25,27,28). The number of ether oxygens (including phenoxy) is 2. The van der Waals surface area contributed by atoms with E-state index >= 15 is 0 Å². The van der Waals surface area contributed by atoms with Crippen LogP contribution in [0.4, 0.5) is 11.6 Å². The lowest BCUT2D eigenvalue weighted by Crippen LogP contribution is -2.31. The number of hydrogen-bond acceptors (Lipinski definition) is 7. The van der Waals surface area contributed by atoms with Gasteiger partial charge in [0.25, 0.3) is 5.91 Å². The molecule has 8 nitrogen and oxygen atoms in total. The number of anilines is 2. The summed E-state index contributed by atoms with van der Waals surface area (Å²) in [7, 11) is 1.60. The molecule has 1 aromatic heterocycles. The molecule has 3 aromatic rings. The lowest BCUT2D eigenvalue weighted by atomic mass is 9.94. The first-order valence-corrected chi connectivity index (χ1v) is 11.8. The van der Waals surface area contributed by atoms with Crippen LogP contribution in [0, 0.1) is 0 Å². The SMILES string of the molecule is CCOc1ccc(C2C(C(=O)Nc3ccccc3)=C(C)Nc3nc(SCC)nn32)cc1OC. The van der Waals surface area contributed by atoms with E-state index in [2.05, 4.69) is 22.5 Å². The van der Waals surface area contributed by atoms with Gasteiger partial charge in [0.1, 0.15) is 6.04 Å². The molecule has 2 aromatic carbocycles. The van der Waals surface area contributed by atoms with Crippen LogP contribution in [0.3, 0.4) is 0 Å². The van der Waals surface area contributed by atoms with E-state index in [0.29, 0.717) is 40.5 Å². The Hall–Kier alpha value is -3.46. The number of thioether (sulfide) groups is 1. The minimum Gasteiger partial charge on any atom is -0.493 e. The van der Waals surface area contributed by atoms with Crippen molar-refractivity contribution in [2.24, 2.45) is 0 Å². The summed E-state index contributed by atoms with van der Waals surface area (Å²) in [6.07, 6.45) is 0. The van der Waals surface area contributed by atoms with E-state index in [0.717, 1.165) is 17.0 Å². The van der Waals surface area contributed by atoms with Crippen LogP contribution >= 0.6 is 11.8 Å². The van der Waals surface area contributed by atoms with Crippen LogP contribution in [0.25, 0.3) is 0 Å². The average Bonchev–Trinajstić information content (AvgIpc) is 3.21. The molecular weight excluding hydrogens is 438 g/mol. The van der Waals surface area contributed by atoms with E-state index in [1.807, 2.05) is 62.4 Å². The van der Waals surface area contributed by atoms with Gasteiger partial charge in [-0.3, -0.25) is 4.79 Å². The van der Waals surface area contributed by atoms with Crippen molar-refractivity contribution in [3.63, 3.8) is 0 Å². The number of benzene rings is 2. The zero-order valence-electron chi connectivity index (χ0n) is 19.1. The maximum Gasteiger partial charge on any atom is 0.255 e. The second kappa shape index (κ2) is 9.99. The van der Waals surface area contributed by atoms with E-state index < -0.39 is 6.04 Å². The number of amides is 1. The maximum absolute atomic E-state index is 13.5. The lowest BCUT2D eigenvalue weighted by molar-refractivity contribution is -0.113. The van der Waals surface area contributed by atoms with Gasteiger partial charge in [-0.05, 0) is 49.4 Å². The lowest BCUT2D eigenvalue weighted by Gasteiger charge is -2.29. The summed E-state index contributed by atoms with van der Waals surface area (Å²) in [5.74, 6) is 2.47. The highest BCUT2D eigenvalue weighted by Gasteiger charge is 2.35. The highest BCUT2D eigenvalue weighted by molar-refractivity contribution is 7.99. The van der Waals surface area contributed by atoms with Crippen LogP contribution in [0.5, 0.6) is 11.5 Å². The third-order valence-electron chi connectivity index (χ3n) is 5.19. The van der Waals surface area contributed by atoms with Crippen LogP contribution in [-0.4, -0.2) is 40.1 Å². The Morgan fingerprint density at radius 1 is 1.18 bits per heavy atom. The number of nitrogens with one attached hydrogen (secondary N) is 2. The number of carbonyl (C=O) groups excluding carboxylic acids is 1. The number of nitrogens with zero attached hydrogens (tertiary/aromatic N) is 3. The molecular formula is C24H27N5O3S. The van der Waals surface area contributed by atoms with Crippen molar-refractivity contribution in [2.45, 2.75) is 32.0 Å². The van der Waals surface area contributed by atoms with Gasteiger partial charge in [-0.1, -0.05) is 43.0 Å². The van der Waals surface area contributed by atoms with E-state index in [9.17, 15) is 4.79 Å². The number of aromatic nitrogens is 3. The summed E-state index contributed by atoms with van der Waals surface area (Å²) < 4.78 is 13.0. The predicted molar refractivity (Wildman–Crippen MR) is 130 cm³/mol. The molecule has 0 bridgehead atoms. The van der Waals surface area contributed by atoms with Crippen molar-refractivity contribution in [1.29, 1.82) is 0 Å². The van der Waals surface area contributed by atoms with E-state index in [4.69, 9.17) is 14.6 Å². The number of fused-ring (bicyclic) bond motifs is 1. The first-order valence-electron chi connectivity index (χ1n) is 10.8. The van der Waals surface area contributed by atoms with Crippen molar-refractivity contribution in [1.82, 2.24) is 14.8 Å². The molecule has 1 aliphatic rings. The third kappa shape index (κ3) is 4.68. The minimum absolute atomic E-state index is 0.213. The van der Waals surface area contributed by atoms with Crippen molar-refractivity contribution in [2.75, 3.05) is 30.1 Å². The number of allylic oxidation sites excluding steroid dienone is 1. The number of rotatable bonds is 8. The van der Waals surface area contributed by atoms with E-state index in [1.54, 1.807) is 23.6 Å².